The number of rotatable bonds is 5. The maximum Gasteiger partial charge on any atom is 0.345 e. The number of fused-ring (bicyclic) bond motifs is 2. The molecule has 0 atom stereocenters. The molecular weight excluding hydrogens is 372 g/mol. The maximum absolute atomic E-state index is 12.7. The Morgan fingerprint density at radius 3 is 2.90 bits per heavy atom. The summed E-state index contributed by atoms with van der Waals surface area (Å²) in [5.74, 6) is 1.41. The van der Waals surface area contributed by atoms with Crippen LogP contribution in [0.2, 0.25) is 0 Å². The third-order valence-corrected chi connectivity index (χ3v) is 4.62. The number of hydrogen-bond donors (Lipinski definition) is 1. The van der Waals surface area contributed by atoms with E-state index in [0.29, 0.717) is 28.9 Å². The molecule has 8 nitrogen and oxygen atoms in total. The lowest BCUT2D eigenvalue weighted by Gasteiger charge is -2.06. The van der Waals surface area contributed by atoms with Crippen molar-refractivity contribution in [3.63, 3.8) is 0 Å². The molecule has 1 N–H and O–H groups in total. The highest BCUT2D eigenvalue weighted by Gasteiger charge is 2.21. The van der Waals surface area contributed by atoms with E-state index < -0.39 is 5.97 Å². The average molecular weight is 390 g/mol. The van der Waals surface area contributed by atoms with Crippen molar-refractivity contribution in [1.82, 2.24) is 19.7 Å². The SMILES string of the molecule is CCCc1cc(OC(=O)c2ccc3c(c2)OCO3)n(-c2nc3ccccc3[nH]2)n1. The van der Waals surface area contributed by atoms with Gasteiger partial charge in [-0.2, -0.15) is 9.78 Å². The van der Waals surface area contributed by atoms with Gasteiger partial charge in [0.15, 0.2) is 11.5 Å². The Morgan fingerprint density at radius 1 is 1.17 bits per heavy atom. The number of esters is 1. The minimum absolute atomic E-state index is 0.146. The number of aryl methyl sites for hydroxylation is 1. The summed E-state index contributed by atoms with van der Waals surface area (Å²) in [6, 6.07) is 14.4. The van der Waals surface area contributed by atoms with Gasteiger partial charge in [0.1, 0.15) is 0 Å². The van der Waals surface area contributed by atoms with Crippen molar-refractivity contribution < 1.29 is 19.0 Å². The molecule has 0 saturated carbocycles. The first kappa shape index (κ1) is 17.3. The van der Waals surface area contributed by atoms with Crippen molar-refractivity contribution in [3.8, 4) is 23.3 Å². The second kappa shape index (κ2) is 6.97. The molecule has 2 aromatic carbocycles. The van der Waals surface area contributed by atoms with E-state index in [1.807, 2.05) is 24.3 Å². The van der Waals surface area contributed by atoms with E-state index in [0.717, 1.165) is 29.6 Å². The first-order valence-electron chi connectivity index (χ1n) is 9.37. The molecule has 0 radical (unpaired) electrons. The molecule has 0 fully saturated rings. The van der Waals surface area contributed by atoms with Crippen LogP contribution in [-0.4, -0.2) is 32.5 Å². The number of carbonyl (C=O) groups excluding carboxylic acids is 1. The third-order valence-electron chi connectivity index (χ3n) is 4.62. The molecule has 5 rings (SSSR count). The number of H-pyrrole nitrogens is 1. The standard InChI is InChI=1S/C21H18N4O4/c1-2-5-14-11-19(25(24-14)21-22-15-6-3-4-7-16(15)23-21)29-20(26)13-8-9-17-18(10-13)28-12-27-17/h3-4,6-11H,2,5,12H2,1H3,(H,22,23). The minimum Gasteiger partial charge on any atom is -0.454 e. The van der Waals surface area contributed by atoms with E-state index in [1.165, 1.54) is 4.68 Å². The summed E-state index contributed by atoms with van der Waals surface area (Å²) in [7, 11) is 0. The molecule has 3 heterocycles. The number of ether oxygens (including phenoxy) is 3. The second-order valence-corrected chi connectivity index (χ2v) is 6.67. The number of aromatic amines is 1. The summed E-state index contributed by atoms with van der Waals surface area (Å²) in [5, 5.41) is 4.57. The van der Waals surface area contributed by atoms with Crippen LogP contribution in [0.3, 0.4) is 0 Å². The quantitative estimate of drug-likeness (QED) is 0.523. The fourth-order valence-electron chi connectivity index (χ4n) is 3.23. The van der Waals surface area contributed by atoms with E-state index in [1.54, 1.807) is 24.3 Å². The largest absolute Gasteiger partial charge is 0.454 e. The van der Waals surface area contributed by atoms with Crippen LogP contribution >= 0.6 is 0 Å². The number of aromatic nitrogens is 4. The Morgan fingerprint density at radius 2 is 2.03 bits per heavy atom. The summed E-state index contributed by atoms with van der Waals surface area (Å²) in [6.07, 6.45) is 1.69. The number of hydrogen-bond acceptors (Lipinski definition) is 6. The molecule has 0 bridgehead atoms. The molecule has 0 aliphatic carbocycles. The number of nitrogens with zero attached hydrogens (tertiary/aromatic N) is 3. The maximum atomic E-state index is 12.7. The van der Waals surface area contributed by atoms with Crippen molar-refractivity contribution in [2.75, 3.05) is 6.79 Å². The molecule has 1 aliphatic heterocycles. The Kier molecular flexibility index (Phi) is 4.16. The Hall–Kier alpha value is -3.81. The molecule has 8 heteroatoms. The zero-order valence-corrected chi connectivity index (χ0v) is 15.7. The molecule has 146 valence electrons. The van der Waals surface area contributed by atoms with Crippen LogP contribution in [0.25, 0.3) is 17.0 Å². The number of carbonyl (C=O) groups is 1. The predicted octanol–water partition coefficient (Wildman–Crippen LogP) is 3.65. The van der Waals surface area contributed by atoms with E-state index in [9.17, 15) is 4.79 Å². The Bertz CT molecular complexity index is 1180. The van der Waals surface area contributed by atoms with E-state index in [-0.39, 0.29) is 6.79 Å². The lowest BCUT2D eigenvalue weighted by Crippen LogP contribution is -2.12. The highest BCUT2D eigenvalue weighted by molar-refractivity contribution is 5.91. The van der Waals surface area contributed by atoms with Crippen LogP contribution in [0.5, 0.6) is 17.4 Å². The molecular formula is C21H18N4O4. The molecule has 0 unspecified atom stereocenters. The average Bonchev–Trinajstić information content (AvgIpc) is 3.45. The van der Waals surface area contributed by atoms with Crippen molar-refractivity contribution in [2.24, 2.45) is 0 Å². The zero-order chi connectivity index (χ0) is 19.8. The van der Waals surface area contributed by atoms with E-state index >= 15 is 0 Å². The van der Waals surface area contributed by atoms with Gasteiger partial charge in [0, 0.05) is 6.07 Å². The van der Waals surface area contributed by atoms with Gasteiger partial charge < -0.3 is 19.2 Å². The third kappa shape index (κ3) is 3.18. The predicted molar refractivity (Wildman–Crippen MR) is 105 cm³/mol. The van der Waals surface area contributed by atoms with Crippen molar-refractivity contribution >= 4 is 17.0 Å². The van der Waals surface area contributed by atoms with Gasteiger partial charge in [0.25, 0.3) is 0 Å². The number of benzene rings is 2. The molecule has 29 heavy (non-hydrogen) atoms. The van der Waals surface area contributed by atoms with Crippen LogP contribution in [0, 0.1) is 0 Å². The molecule has 0 spiro atoms. The summed E-state index contributed by atoms with van der Waals surface area (Å²) in [6.45, 7) is 2.21. The van der Waals surface area contributed by atoms with Gasteiger partial charge in [-0.3, -0.25) is 0 Å². The van der Waals surface area contributed by atoms with E-state index in [4.69, 9.17) is 14.2 Å². The highest BCUT2D eigenvalue weighted by Crippen LogP contribution is 2.33. The van der Waals surface area contributed by atoms with Gasteiger partial charge in [-0.25, -0.2) is 9.78 Å². The van der Waals surface area contributed by atoms with Gasteiger partial charge in [0.2, 0.25) is 18.6 Å². The smallest absolute Gasteiger partial charge is 0.345 e. The summed E-state index contributed by atoms with van der Waals surface area (Å²) in [5.41, 5.74) is 2.87. The second-order valence-electron chi connectivity index (χ2n) is 6.67. The Labute approximate surface area is 166 Å². The Balaban J connectivity index is 1.49. The molecule has 1 aliphatic rings. The van der Waals surface area contributed by atoms with Gasteiger partial charge in [-0.05, 0) is 36.8 Å². The summed E-state index contributed by atoms with van der Waals surface area (Å²) < 4.78 is 17.8. The van der Waals surface area contributed by atoms with Gasteiger partial charge in [-0.1, -0.05) is 25.5 Å². The first-order chi connectivity index (χ1) is 14.2. The summed E-state index contributed by atoms with van der Waals surface area (Å²) in [4.78, 5) is 20.5. The van der Waals surface area contributed by atoms with Crippen LogP contribution < -0.4 is 14.2 Å². The first-order valence-corrected chi connectivity index (χ1v) is 9.37. The van der Waals surface area contributed by atoms with Crippen LogP contribution in [-0.2, 0) is 6.42 Å². The van der Waals surface area contributed by atoms with Crippen LogP contribution in [0.15, 0.2) is 48.5 Å². The number of nitrogens with one attached hydrogen (secondary N) is 1. The lowest BCUT2D eigenvalue weighted by atomic mass is 10.2. The summed E-state index contributed by atoms with van der Waals surface area (Å²) >= 11 is 0. The van der Waals surface area contributed by atoms with Gasteiger partial charge in [0.05, 0.1) is 22.3 Å². The van der Waals surface area contributed by atoms with Crippen molar-refractivity contribution in [2.45, 2.75) is 19.8 Å². The zero-order valence-electron chi connectivity index (χ0n) is 15.7. The molecule has 4 aromatic rings. The highest BCUT2D eigenvalue weighted by atomic mass is 16.7. The normalized spacial score (nSPS) is 12.4. The minimum atomic E-state index is -0.511. The van der Waals surface area contributed by atoms with Crippen molar-refractivity contribution in [3.05, 3.63) is 59.8 Å². The van der Waals surface area contributed by atoms with E-state index in [2.05, 4.69) is 22.0 Å². The monoisotopic (exact) mass is 390 g/mol. The van der Waals surface area contributed by atoms with Crippen LogP contribution in [0.4, 0.5) is 0 Å². The molecule has 2 aromatic heterocycles. The van der Waals surface area contributed by atoms with Gasteiger partial charge in [-0.15, -0.1) is 0 Å². The topological polar surface area (TPSA) is 91.3 Å². The number of para-hydroxylation sites is 2. The number of imidazole rings is 1. The fraction of sp³-hybridized carbons (Fsp3) is 0.190. The van der Waals surface area contributed by atoms with Crippen molar-refractivity contribution in [1.29, 1.82) is 0 Å². The molecule has 0 amide bonds. The fourth-order valence-corrected chi connectivity index (χ4v) is 3.23. The lowest BCUT2D eigenvalue weighted by molar-refractivity contribution is 0.0722. The van der Waals surface area contributed by atoms with Gasteiger partial charge >= 0.3 is 5.97 Å². The molecule has 0 saturated heterocycles. The van der Waals surface area contributed by atoms with Crippen LogP contribution in [0.1, 0.15) is 29.4 Å².